The van der Waals surface area contributed by atoms with Crippen LogP contribution in [0.5, 0.6) is 0 Å². The average Bonchev–Trinajstić information content (AvgIpc) is 2.56. The Morgan fingerprint density at radius 2 is 1.27 bits per heavy atom. The fourth-order valence-electron chi connectivity index (χ4n) is 1.71. The average molecular weight is 214 g/mol. The fraction of sp³-hybridized carbons (Fsp3) is 0.167. The van der Waals surface area contributed by atoms with Crippen LogP contribution in [-0.2, 0) is 0 Å². The van der Waals surface area contributed by atoms with Gasteiger partial charge in [0.2, 0.25) is 0 Å². The molecule has 0 aliphatic carbocycles. The summed E-state index contributed by atoms with van der Waals surface area (Å²) in [6.07, 6.45) is 0. The van der Waals surface area contributed by atoms with Crippen LogP contribution in [0.25, 0.3) is 20.4 Å². The number of thiophene rings is 1. The molecule has 0 spiro atoms. The SMILES string of the molecule is Cc1ccc2sc3ccc(C)nc3c2n1. The molecule has 3 heteroatoms. The highest BCUT2D eigenvalue weighted by atomic mass is 32.1. The van der Waals surface area contributed by atoms with E-state index in [1.165, 1.54) is 9.40 Å². The van der Waals surface area contributed by atoms with E-state index >= 15 is 0 Å². The zero-order valence-electron chi connectivity index (χ0n) is 8.61. The van der Waals surface area contributed by atoms with E-state index in [4.69, 9.17) is 0 Å². The van der Waals surface area contributed by atoms with Crippen LogP contribution in [0, 0.1) is 13.8 Å². The maximum Gasteiger partial charge on any atom is 0.108 e. The number of hydrogen-bond donors (Lipinski definition) is 0. The Labute approximate surface area is 91.6 Å². The minimum absolute atomic E-state index is 1.04. The minimum Gasteiger partial charge on any atom is -0.250 e. The standard InChI is InChI=1S/C12H10N2S/c1-7-3-5-9-11(13-7)12-10(15-9)6-4-8(2)14-12/h3-6H,1-2H3. The second-order valence-electron chi connectivity index (χ2n) is 3.70. The molecule has 3 aromatic heterocycles. The van der Waals surface area contributed by atoms with Crippen molar-refractivity contribution in [3.05, 3.63) is 35.7 Å². The highest BCUT2D eigenvalue weighted by Gasteiger charge is 2.07. The van der Waals surface area contributed by atoms with Crippen LogP contribution in [0.2, 0.25) is 0 Å². The van der Waals surface area contributed by atoms with Gasteiger partial charge in [-0.1, -0.05) is 0 Å². The van der Waals surface area contributed by atoms with Gasteiger partial charge in [-0.25, -0.2) is 9.97 Å². The highest BCUT2D eigenvalue weighted by Crippen LogP contribution is 2.31. The van der Waals surface area contributed by atoms with Crippen molar-refractivity contribution >= 4 is 31.8 Å². The van der Waals surface area contributed by atoms with E-state index in [0.29, 0.717) is 0 Å². The van der Waals surface area contributed by atoms with Gasteiger partial charge in [-0.15, -0.1) is 11.3 Å². The molecule has 0 aliphatic rings. The predicted octanol–water partition coefficient (Wildman–Crippen LogP) is 3.46. The van der Waals surface area contributed by atoms with E-state index in [-0.39, 0.29) is 0 Å². The second kappa shape index (κ2) is 3.00. The third kappa shape index (κ3) is 1.31. The lowest BCUT2D eigenvalue weighted by Gasteiger charge is -1.93. The zero-order valence-corrected chi connectivity index (χ0v) is 9.43. The second-order valence-corrected chi connectivity index (χ2v) is 4.78. The van der Waals surface area contributed by atoms with Crippen LogP contribution >= 0.6 is 11.3 Å². The maximum absolute atomic E-state index is 4.55. The van der Waals surface area contributed by atoms with Crippen molar-refractivity contribution in [2.45, 2.75) is 13.8 Å². The number of fused-ring (bicyclic) bond motifs is 3. The van der Waals surface area contributed by atoms with E-state index < -0.39 is 0 Å². The molecule has 0 saturated heterocycles. The Hall–Kier alpha value is -1.48. The molecule has 3 aromatic rings. The molecule has 0 radical (unpaired) electrons. The van der Waals surface area contributed by atoms with Gasteiger partial charge in [0, 0.05) is 11.4 Å². The van der Waals surface area contributed by atoms with Crippen molar-refractivity contribution in [2.75, 3.05) is 0 Å². The quantitative estimate of drug-likeness (QED) is 0.572. The molecular weight excluding hydrogens is 204 g/mol. The van der Waals surface area contributed by atoms with Gasteiger partial charge in [-0.3, -0.25) is 0 Å². The van der Waals surface area contributed by atoms with Crippen LogP contribution in [-0.4, -0.2) is 9.97 Å². The van der Waals surface area contributed by atoms with Gasteiger partial charge in [0.05, 0.1) is 9.40 Å². The van der Waals surface area contributed by atoms with Gasteiger partial charge in [-0.2, -0.15) is 0 Å². The molecule has 0 amide bonds. The zero-order chi connectivity index (χ0) is 10.4. The fourth-order valence-corrected chi connectivity index (χ4v) is 2.70. The number of nitrogens with zero attached hydrogens (tertiary/aromatic N) is 2. The first kappa shape index (κ1) is 8.80. The normalized spacial score (nSPS) is 11.3. The summed E-state index contributed by atoms with van der Waals surface area (Å²) in [6.45, 7) is 4.03. The van der Waals surface area contributed by atoms with Crippen molar-refractivity contribution < 1.29 is 0 Å². The molecule has 0 saturated carbocycles. The molecule has 0 N–H and O–H groups in total. The molecule has 0 atom stereocenters. The van der Waals surface area contributed by atoms with Crippen molar-refractivity contribution in [1.29, 1.82) is 0 Å². The molecule has 15 heavy (non-hydrogen) atoms. The summed E-state index contributed by atoms with van der Waals surface area (Å²) in [5.41, 5.74) is 4.17. The van der Waals surface area contributed by atoms with Crippen LogP contribution < -0.4 is 0 Å². The van der Waals surface area contributed by atoms with Crippen LogP contribution in [0.15, 0.2) is 24.3 Å². The first-order chi connectivity index (χ1) is 7.24. The Morgan fingerprint density at radius 1 is 0.800 bits per heavy atom. The van der Waals surface area contributed by atoms with Gasteiger partial charge in [0.1, 0.15) is 11.0 Å². The number of hydrogen-bond acceptors (Lipinski definition) is 3. The van der Waals surface area contributed by atoms with Gasteiger partial charge in [-0.05, 0) is 38.1 Å². The van der Waals surface area contributed by atoms with E-state index in [1.54, 1.807) is 11.3 Å². The molecule has 0 aromatic carbocycles. The first-order valence-corrected chi connectivity index (χ1v) is 5.69. The van der Waals surface area contributed by atoms with Crippen molar-refractivity contribution in [2.24, 2.45) is 0 Å². The molecule has 0 unspecified atom stereocenters. The van der Waals surface area contributed by atoms with Gasteiger partial charge in [0.25, 0.3) is 0 Å². The van der Waals surface area contributed by atoms with E-state index in [1.807, 2.05) is 26.0 Å². The highest BCUT2D eigenvalue weighted by molar-refractivity contribution is 7.25. The monoisotopic (exact) mass is 214 g/mol. The van der Waals surface area contributed by atoms with Crippen LogP contribution in [0.1, 0.15) is 11.4 Å². The summed E-state index contributed by atoms with van der Waals surface area (Å²) in [4.78, 5) is 9.11. The maximum atomic E-state index is 4.55. The number of aryl methyl sites for hydroxylation is 2. The van der Waals surface area contributed by atoms with Crippen molar-refractivity contribution in [1.82, 2.24) is 9.97 Å². The Balaban J connectivity index is 2.55. The molecule has 0 bridgehead atoms. The summed E-state index contributed by atoms with van der Waals surface area (Å²) in [7, 11) is 0. The summed E-state index contributed by atoms with van der Waals surface area (Å²) in [6, 6.07) is 8.34. The van der Waals surface area contributed by atoms with Crippen LogP contribution in [0.3, 0.4) is 0 Å². The molecule has 3 heterocycles. The lowest BCUT2D eigenvalue weighted by Crippen LogP contribution is -1.83. The Kier molecular flexibility index (Phi) is 1.76. The third-order valence-electron chi connectivity index (χ3n) is 2.44. The van der Waals surface area contributed by atoms with Crippen molar-refractivity contribution in [3.8, 4) is 0 Å². The third-order valence-corrected chi connectivity index (χ3v) is 3.54. The summed E-state index contributed by atoms with van der Waals surface area (Å²) >= 11 is 1.75. The molecule has 2 nitrogen and oxygen atoms in total. The van der Waals surface area contributed by atoms with Gasteiger partial charge >= 0.3 is 0 Å². The lowest BCUT2D eigenvalue weighted by atomic mass is 10.3. The number of rotatable bonds is 0. The lowest BCUT2D eigenvalue weighted by molar-refractivity contribution is 1.24. The number of aromatic nitrogens is 2. The van der Waals surface area contributed by atoms with E-state index in [9.17, 15) is 0 Å². The summed E-state index contributed by atoms with van der Waals surface area (Å²) in [5.74, 6) is 0. The van der Waals surface area contributed by atoms with Crippen molar-refractivity contribution in [3.63, 3.8) is 0 Å². The van der Waals surface area contributed by atoms with E-state index in [0.717, 1.165) is 22.4 Å². The minimum atomic E-state index is 1.04. The Morgan fingerprint density at radius 3 is 1.73 bits per heavy atom. The largest absolute Gasteiger partial charge is 0.250 e. The Bertz CT molecular complexity index is 599. The summed E-state index contributed by atoms with van der Waals surface area (Å²) in [5, 5.41) is 0. The molecule has 0 fully saturated rings. The molecule has 0 aliphatic heterocycles. The van der Waals surface area contributed by atoms with E-state index in [2.05, 4.69) is 22.1 Å². The number of pyridine rings is 2. The summed E-state index contributed by atoms with van der Waals surface area (Å²) < 4.78 is 2.43. The van der Waals surface area contributed by atoms with Crippen LogP contribution in [0.4, 0.5) is 0 Å². The van der Waals surface area contributed by atoms with Gasteiger partial charge in [0.15, 0.2) is 0 Å². The predicted molar refractivity (Wildman–Crippen MR) is 64.4 cm³/mol. The topological polar surface area (TPSA) is 25.8 Å². The first-order valence-electron chi connectivity index (χ1n) is 4.87. The smallest absolute Gasteiger partial charge is 0.108 e. The molecule has 74 valence electrons. The molecule has 3 rings (SSSR count). The van der Waals surface area contributed by atoms with Gasteiger partial charge < -0.3 is 0 Å². The molecular formula is C12H10N2S.